The van der Waals surface area contributed by atoms with Gasteiger partial charge in [-0.3, -0.25) is 5.84 Å². The van der Waals surface area contributed by atoms with E-state index < -0.39 is 0 Å². The summed E-state index contributed by atoms with van der Waals surface area (Å²) in [6.45, 7) is 0. The molecule has 0 aromatic carbocycles. The van der Waals surface area contributed by atoms with Crippen molar-refractivity contribution in [3.05, 3.63) is 43.2 Å². The highest BCUT2D eigenvalue weighted by molar-refractivity contribution is 9.10. The van der Waals surface area contributed by atoms with Gasteiger partial charge in [0.1, 0.15) is 0 Å². The van der Waals surface area contributed by atoms with Gasteiger partial charge in [-0.05, 0) is 33.4 Å². The van der Waals surface area contributed by atoms with Crippen LogP contribution in [-0.2, 0) is 0 Å². The van der Waals surface area contributed by atoms with Crippen LogP contribution >= 0.6 is 38.6 Å². The minimum atomic E-state index is 0.117. The molecule has 0 aliphatic rings. The Morgan fingerprint density at radius 3 is 2.71 bits per heavy atom. The molecular weight excluding hydrogens is 280 g/mol. The molecule has 2 nitrogen and oxygen atoms in total. The largest absolute Gasteiger partial charge is 0.271 e. The number of nitrogens with one attached hydrogen (secondary N) is 1. The van der Waals surface area contributed by atoms with Gasteiger partial charge in [-0.25, -0.2) is 5.43 Å². The first-order valence-corrected chi connectivity index (χ1v) is 6.60. The zero-order valence-corrected chi connectivity index (χ0v) is 10.5. The molecule has 2 aromatic heterocycles. The minimum absolute atomic E-state index is 0.117. The summed E-state index contributed by atoms with van der Waals surface area (Å²) in [5, 5.41) is 4.12. The number of rotatable bonds is 3. The highest BCUT2D eigenvalue weighted by atomic mass is 79.9. The van der Waals surface area contributed by atoms with Crippen molar-refractivity contribution >= 4 is 38.6 Å². The summed E-state index contributed by atoms with van der Waals surface area (Å²) in [6.07, 6.45) is 0. The van der Waals surface area contributed by atoms with Crippen LogP contribution in [-0.4, -0.2) is 0 Å². The zero-order chi connectivity index (χ0) is 9.97. The standard InChI is InChI=1S/C9H9BrN2S2/c10-6-4-8(14-5-6)9(12-11)7-2-1-3-13-7/h1-5,9,12H,11H2. The Morgan fingerprint density at radius 1 is 1.36 bits per heavy atom. The highest BCUT2D eigenvalue weighted by Gasteiger charge is 2.14. The average Bonchev–Trinajstić information content (AvgIpc) is 2.79. The topological polar surface area (TPSA) is 38.0 Å². The molecule has 0 aliphatic carbocycles. The first-order chi connectivity index (χ1) is 6.81. The lowest BCUT2D eigenvalue weighted by Gasteiger charge is -2.11. The smallest absolute Gasteiger partial charge is 0.0894 e. The van der Waals surface area contributed by atoms with E-state index in [2.05, 4.69) is 44.2 Å². The van der Waals surface area contributed by atoms with Gasteiger partial charge >= 0.3 is 0 Å². The molecule has 1 unspecified atom stereocenters. The first kappa shape index (κ1) is 10.3. The summed E-state index contributed by atoms with van der Waals surface area (Å²) in [6, 6.07) is 6.33. The molecule has 1 atom stereocenters. The molecule has 74 valence electrons. The van der Waals surface area contributed by atoms with Crippen molar-refractivity contribution in [2.24, 2.45) is 5.84 Å². The van der Waals surface area contributed by atoms with E-state index in [9.17, 15) is 0 Å². The Morgan fingerprint density at radius 2 is 2.21 bits per heavy atom. The van der Waals surface area contributed by atoms with Gasteiger partial charge in [0.05, 0.1) is 6.04 Å². The average molecular weight is 289 g/mol. The van der Waals surface area contributed by atoms with Crippen molar-refractivity contribution in [1.29, 1.82) is 0 Å². The van der Waals surface area contributed by atoms with E-state index in [0.29, 0.717) is 0 Å². The number of nitrogens with two attached hydrogens (primary N) is 1. The molecule has 2 rings (SSSR count). The number of hydrogen-bond acceptors (Lipinski definition) is 4. The van der Waals surface area contributed by atoms with E-state index in [1.165, 1.54) is 9.75 Å². The minimum Gasteiger partial charge on any atom is -0.271 e. The van der Waals surface area contributed by atoms with Gasteiger partial charge in [0, 0.05) is 19.6 Å². The fourth-order valence-corrected chi connectivity index (χ4v) is 3.64. The zero-order valence-electron chi connectivity index (χ0n) is 7.24. The third-order valence-corrected chi connectivity index (χ3v) is 4.56. The predicted octanol–water partition coefficient (Wildman–Crippen LogP) is 3.12. The number of hydrogen-bond donors (Lipinski definition) is 2. The summed E-state index contributed by atoms with van der Waals surface area (Å²) in [7, 11) is 0. The Hall–Kier alpha value is -0.200. The van der Waals surface area contributed by atoms with Gasteiger partial charge < -0.3 is 0 Å². The summed E-state index contributed by atoms with van der Waals surface area (Å²) in [5.41, 5.74) is 2.83. The van der Waals surface area contributed by atoms with Gasteiger partial charge in [0.25, 0.3) is 0 Å². The monoisotopic (exact) mass is 288 g/mol. The van der Waals surface area contributed by atoms with E-state index >= 15 is 0 Å². The fourth-order valence-electron chi connectivity index (χ4n) is 1.24. The van der Waals surface area contributed by atoms with Crippen LogP contribution in [0.3, 0.4) is 0 Å². The Labute approximate surface area is 98.9 Å². The van der Waals surface area contributed by atoms with Gasteiger partial charge in [0.15, 0.2) is 0 Å². The van der Waals surface area contributed by atoms with Gasteiger partial charge in [0.2, 0.25) is 0 Å². The van der Waals surface area contributed by atoms with Gasteiger partial charge in [-0.1, -0.05) is 6.07 Å². The maximum absolute atomic E-state index is 5.55. The molecule has 0 fully saturated rings. The second-order valence-electron chi connectivity index (χ2n) is 2.78. The van der Waals surface area contributed by atoms with Gasteiger partial charge in [-0.15, -0.1) is 22.7 Å². The molecule has 14 heavy (non-hydrogen) atoms. The van der Waals surface area contributed by atoms with E-state index in [-0.39, 0.29) is 6.04 Å². The molecule has 0 spiro atoms. The maximum atomic E-state index is 5.55. The Balaban J connectivity index is 2.31. The van der Waals surface area contributed by atoms with Crippen LogP contribution in [0, 0.1) is 0 Å². The van der Waals surface area contributed by atoms with Crippen LogP contribution in [0.5, 0.6) is 0 Å². The summed E-state index contributed by atoms with van der Waals surface area (Å²) < 4.78 is 1.11. The Bertz CT molecular complexity index is 397. The molecule has 0 saturated carbocycles. The lowest BCUT2D eigenvalue weighted by atomic mass is 10.2. The van der Waals surface area contributed by atoms with Crippen molar-refractivity contribution in [3.8, 4) is 0 Å². The number of hydrazine groups is 1. The first-order valence-electron chi connectivity index (χ1n) is 4.04. The second-order valence-corrected chi connectivity index (χ2v) is 5.62. The van der Waals surface area contributed by atoms with Crippen molar-refractivity contribution in [3.63, 3.8) is 0 Å². The highest BCUT2D eigenvalue weighted by Crippen LogP contribution is 2.31. The Kier molecular flexibility index (Phi) is 3.35. The predicted molar refractivity (Wildman–Crippen MR) is 65.5 cm³/mol. The molecular formula is C9H9BrN2S2. The number of halogens is 1. The summed E-state index contributed by atoms with van der Waals surface area (Å²) in [4.78, 5) is 2.46. The SMILES string of the molecule is NNC(c1cccs1)c1cc(Br)cs1. The van der Waals surface area contributed by atoms with Crippen LogP contribution in [0.4, 0.5) is 0 Å². The third-order valence-electron chi connectivity index (χ3n) is 1.87. The lowest BCUT2D eigenvalue weighted by molar-refractivity contribution is 0.656. The van der Waals surface area contributed by atoms with Crippen LogP contribution in [0.15, 0.2) is 33.4 Å². The maximum Gasteiger partial charge on any atom is 0.0894 e. The molecule has 0 saturated heterocycles. The quantitative estimate of drug-likeness (QED) is 0.673. The van der Waals surface area contributed by atoms with E-state index in [1.807, 2.05) is 6.07 Å². The molecule has 0 radical (unpaired) electrons. The summed E-state index contributed by atoms with van der Waals surface area (Å²) in [5.74, 6) is 5.55. The van der Waals surface area contributed by atoms with Crippen molar-refractivity contribution in [2.75, 3.05) is 0 Å². The van der Waals surface area contributed by atoms with Crippen molar-refractivity contribution in [2.45, 2.75) is 6.04 Å². The van der Waals surface area contributed by atoms with Gasteiger partial charge in [-0.2, -0.15) is 0 Å². The van der Waals surface area contributed by atoms with Crippen LogP contribution in [0.1, 0.15) is 15.8 Å². The molecule has 2 aromatic rings. The third kappa shape index (κ3) is 2.07. The normalized spacial score (nSPS) is 13.0. The molecule has 0 amide bonds. The molecule has 0 aliphatic heterocycles. The molecule has 2 heterocycles. The molecule has 0 bridgehead atoms. The summed E-state index contributed by atoms with van der Waals surface area (Å²) >= 11 is 6.84. The second kappa shape index (κ2) is 4.55. The van der Waals surface area contributed by atoms with Crippen molar-refractivity contribution in [1.82, 2.24) is 5.43 Å². The fraction of sp³-hybridized carbons (Fsp3) is 0.111. The molecule has 5 heteroatoms. The van der Waals surface area contributed by atoms with Crippen LogP contribution < -0.4 is 11.3 Å². The van der Waals surface area contributed by atoms with Crippen LogP contribution in [0.2, 0.25) is 0 Å². The van der Waals surface area contributed by atoms with E-state index in [1.54, 1.807) is 22.7 Å². The van der Waals surface area contributed by atoms with Crippen LogP contribution in [0.25, 0.3) is 0 Å². The van der Waals surface area contributed by atoms with Crippen molar-refractivity contribution < 1.29 is 0 Å². The molecule has 3 N–H and O–H groups in total. The lowest BCUT2D eigenvalue weighted by Crippen LogP contribution is -2.27. The number of thiophene rings is 2. The van der Waals surface area contributed by atoms with E-state index in [0.717, 1.165) is 4.47 Å². The van der Waals surface area contributed by atoms with E-state index in [4.69, 9.17) is 5.84 Å².